The van der Waals surface area contributed by atoms with E-state index in [-0.39, 0.29) is 0 Å². The van der Waals surface area contributed by atoms with Gasteiger partial charge in [0.05, 0.1) is 0 Å². The fourth-order valence-electron chi connectivity index (χ4n) is 0.824. The van der Waals surface area contributed by atoms with Gasteiger partial charge >= 0.3 is 0 Å². The van der Waals surface area contributed by atoms with Crippen molar-refractivity contribution in [3.05, 3.63) is 23.3 Å². The summed E-state index contributed by atoms with van der Waals surface area (Å²) in [6.07, 6.45) is 4.61. The van der Waals surface area contributed by atoms with Crippen molar-refractivity contribution in [2.24, 2.45) is 5.92 Å². The monoisotopic (exact) mass is 190 g/mol. The molecule has 5 heteroatoms. The van der Waals surface area contributed by atoms with Gasteiger partial charge in [-0.05, 0) is 0 Å². The molecule has 0 radical (unpaired) electrons. The second kappa shape index (κ2) is 3.05. The highest BCUT2D eigenvalue weighted by Gasteiger charge is 2.37. The van der Waals surface area contributed by atoms with Gasteiger partial charge in [0.25, 0.3) is 5.78 Å². The van der Waals surface area contributed by atoms with Gasteiger partial charge in [-0.1, -0.05) is 5.92 Å². The van der Waals surface area contributed by atoms with Gasteiger partial charge in [-0.2, -0.15) is 8.78 Å². The van der Waals surface area contributed by atoms with Crippen molar-refractivity contribution in [3.63, 3.8) is 0 Å². The SMILES string of the molecule is C#CC1C(F)=C(F)C(=O)C(F)=C1F. The normalized spacial score (nSPS) is 19.5. The molecule has 0 aromatic rings. The molecule has 0 unspecified atom stereocenters. The molecule has 0 aromatic carbocycles. The van der Waals surface area contributed by atoms with Gasteiger partial charge in [0, 0.05) is 0 Å². The van der Waals surface area contributed by atoms with Crippen LogP contribution in [0.4, 0.5) is 17.6 Å². The molecule has 68 valence electrons. The van der Waals surface area contributed by atoms with Gasteiger partial charge in [0.15, 0.2) is 11.7 Å². The van der Waals surface area contributed by atoms with Crippen molar-refractivity contribution >= 4 is 5.78 Å². The van der Waals surface area contributed by atoms with Gasteiger partial charge < -0.3 is 0 Å². The van der Waals surface area contributed by atoms with E-state index in [9.17, 15) is 22.4 Å². The van der Waals surface area contributed by atoms with E-state index >= 15 is 0 Å². The minimum atomic E-state index is -2.06. The number of terminal acetylenes is 1. The highest BCUT2D eigenvalue weighted by molar-refractivity contribution is 6.07. The van der Waals surface area contributed by atoms with E-state index in [1.165, 1.54) is 5.92 Å². The lowest BCUT2D eigenvalue weighted by Crippen LogP contribution is -2.16. The summed E-state index contributed by atoms with van der Waals surface area (Å²) in [7, 11) is 0. The fraction of sp³-hybridized carbons (Fsp3) is 0.125. The van der Waals surface area contributed by atoms with E-state index in [1.807, 2.05) is 0 Å². The van der Waals surface area contributed by atoms with Crippen LogP contribution in [0.3, 0.4) is 0 Å². The molecular formula is C8H2F4O. The predicted molar refractivity (Wildman–Crippen MR) is 35.8 cm³/mol. The number of allylic oxidation sites excluding steroid dienone is 4. The summed E-state index contributed by atoms with van der Waals surface area (Å²) >= 11 is 0. The van der Waals surface area contributed by atoms with Crippen molar-refractivity contribution in [2.45, 2.75) is 0 Å². The van der Waals surface area contributed by atoms with E-state index in [1.54, 1.807) is 0 Å². The third-order valence-corrected chi connectivity index (χ3v) is 1.49. The standard InChI is InChI=1S/C8H2F4O/c1-2-3-4(9)6(11)8(13)7(12)5(3)10/h1,3H. The van der Waals surface area contributed by atoms with E-state index in [0.717, 1.165) is 0 Å². The predicted octanol–water partition coefficient (Wildman–Crippen LogP) is 2.12. The fourth-order valence-corrected chi connectivity index (χ4v) is 0.824. The first-order chi connectivity index (χ1) is 6.00. The molecule has 0 bridgehead atoms. The number of halogens is 4. The molecule has 1 nitrogen and oxygen atoms in total. The lowest BCUT2D eigenvalue weighted by molar-refractivity contribution is -0.115. The summed E-state index contributed by atoms with van der Waals surface area (Å²) in [5.41, 5.74) is 0. The lowest BCUT2D eigenvalue weighted by atomic mass is 9.99. The quantitative estimate of drug-likeness (QED) is 0.422. The molecule has 0 amide bonds. The van der Waals surface area contributed by atoms with Gasteiger partial charge in [0.1, 0.15) is 5.92 Å². The van der Waals surface area contributed by atoms with Crippen LogP contribution in [0.1, 0.15) is 0 Å². The van der Waals surface area contributed by atoms with Crippen LogP contribution in [-0.4, -0.2) is 5.78 Å². The Morgan fingerprint density at radius 1 is 1.08 bits per heavy atom. The van der Waals surface area contributed by atoms with Crippen molar-refractivity contribution < 1.29 is 22.4 Å². The van der Waals surface area contributed by atoms with Crippen molar-refractivity contribution in [2.75, 3.05) is 0 Å². The number of carbonyl (C=O) groups excluding carboxylic acids is 1. The molecule has 0 spiro atoms. The van der Waals surface area contributed by atoms with Crippen LogP contribution >= 0.6 is 0 Å². The summed E-state index contributed by atoms with van der Waals surface area (Å²) in [5.74, 6) is -9.97. The summed E-state index contributed by atoms with van der Waals surface area (Å²) < 4.78 is 50.1. The van der Waals surface area contributed by atoms with Crippen LogP contribution < -0.4 is 0 Å². The van der Waals surface area contributed by atoms with Gasteiger partial charge in [-0.25, -0.2) is 8.78 Å². The van der Waals surface area contributed by atoms with Crippen molar-refractivity contribution in [3.8, 4) is 12.3 Å². The molecule has 0 aromatic heterocycles. The number of hydrogen-bond donors (Lipinski definition) is 0. The zero-order valence-electron chi connectivity index (χ0n) is 6.07. The van der Waals surface area contributed by atoms with Crippen LogP contribution in [0, 0.1) is 18.3 Å². The Hall–Kier alpha value is -1.57. The Bertz CT molecular complexity index is 344. The Balaban J connectivity index is 3.31. The van der Waals surface area contributed by atoms with Gasteiger partial charge in [-0.15, -0.1) is 6.42 Å². The van der Waals surface area contributed by atoms with Crippen LogP contribution in [0.15, 0.2) is 23.3 Å². The first-order valence-corrected chi connectivity index (χ1v) is 3.11. The number of carbonyl (C=O) groups is 1. The zero-order valence-corrected chi connectivity index (χ0v) is 6.07. The van der Waals surface area contributed by atoms with E-state index in [2.05, 4.69) is 6.42 Å². The van der Waals surface area contributed by atoms with Gasteiger partial charge in [0.2, 0.25) is 11.7 Å². The minimum absolute atomic E-state index is 1.49. The molecular weight excluding hydrogens is 188 g/mol. The maximum absolute atomic E-state index is 12.6. The molecule has 0 N–H and O–H groups in total. The minimum Gasteiger partial charge on any atom is -0.283 e. The number of ketones is 1. The smallest absolute Gasteiger partial charge is 0.255 e. The topological polar surface area (TPSA) is 17.1 Å². The molecule has 13 heavy (non-hydrogen) atoms. The molecule has 0 heterocycles. The highest BCUT2D eigenvalue weighted by atomic mass is 19.2. The second-order valence-electron chi connectivity index (χ2n) is 2.25. The Morgan fingerprint density at radius 2 is 1.46 bits per heavy atom. The molecule has 0 fully saturated rings. The first kappa shape index (κ1) is 9.52. The zero-order chi connectivity index (χ0) is 10.2. The van der Waals surface area contributed by atoms with Crippen molar-refractivity contribution in [1.82, 2.24) is 0 Å². The Kier molecular flexibility index (Phi) is 2.24. The maximum atomic E-state index is 12.6. The number of hydrogen-bond acceptors (Lipinski definition) is 1. The average Bonchev–Trinajstić information content (AvgIpc) is 2.13. The van der Waals surface area contributed by atoms with Crippen LogP contribution in [-0.2, 0) is 4.79 Å². The largest absolute Gasteiger partial charge is 0.283 e. The molecule has 0 saturated carbocycles. The molecule has 0 aliphatic heterocycles. The average molecular weight is 190 g/mol. The van der Waals surface area contributed by atoms with E-state index in [0.29, 0.717) is 0 Å². The highest BCUT2D eigenvalue weighted by Crippen LogP contribution is 2.35. The Morgan fingerprint density at radius 3 is 1.77 bits per heavy atom. The third-order valence-electron chi connectivity index (χ3n) is 1.49. The van der Waals surface area contributed by atoms with Crippen molar-refractivity contribution in [1.29, 1.82) is 0 Å². The maximum Gasteiger partial charge on any atom is 0.255 e. The molecule has 0 atom stereocenters. The van der Waals surface area contributed by atoms with Crippen LogP contribution in [0.5, 0.6) is 0 Å². The molecule has 1 aliphatic carbocycles. The summed E-state index contributed by atoms with van der Waals surface area (Å²) in [6.45, 7) is 0. The molecule has 1 aliphatic rings. The number of rotatable bonds is 0. The van der Waals surface area contributed by atoms with Gasteiger partial charge in [-0.3, -0.25) is 4.79 Å². The molecule has 1 rings (SSSR count). The van der Waals surface area contributed by atoms with E-state index < -0.39 is 35.0 Å². The summed E-state index contributed by atoms with van der Waals surface area (Å²) in [4.78, 5) is 10.4. The Labute approximate surface area is 70.7 Å². The van der Waals surface area contributed by atoms with Crippen LogP contribution in [0.2, 0.25) is 0 Å². The summed E-state index contributed by atoms with van der Waals surface area (Å²) in [6, 6.07) is 0. The van der Waals surface area contributed by atoms with Crippen LogP contribution in [0.25, 0.3) is 0 Å². The van der Waals surface area contributed by atoms with E-state index in [4.69, 9.17) is 0 Å². The first-order valence-electron chi connectivity index (χ1n) is 3.11. The third kappa shape index (κ3) is 1.24. The summed E-state index contributed by atoms with van der Waals surface area (Å²) in [5, 5.41) is 0. The second-order valence-corrected chi connectivity index (χ2v) is 2.25. The number of Topliss-reactive ketones (excluding diaryl/α,β-unsaturated/α-hetero) is 1. The lowest BCUT2D eigenvalue weighted by Gasteiger charge is -2.12. The molecule has 0 saturated heterocycles.